The molecule has 2 N–H and O–H groups in total. The fourth-order valence-corrected chi connectivity index (χ4v) is 3.14. The molecule has 111 valence electrons. The number of hydrogen-bond donors (Lipinski definition) is 1. The molecule has 0 atom stereocenters. The number of benzene rings is 1. The second kappa shape index (κ2) is 5.06. The minimum atomic E-state index is -0.584. The van der Waals surface area contributed by atoms with Gasteiger partial charge < -0.3 is 10.6 Å². The molecular formula is C16H20N3O2. The van der Waals surface area contributed by atoms with E-state index in [-0.39, 0.29) is 11.8 Å². The number of nitrogens with two attached hydrogens (primary N) is 1. The Bertz CT molecular complexity index is 581. The standard InChI is InChI=1S/C16H20N3O2/c1-10-7-11(2)9-13(8-10)15-18-16(21-19-15)5-3-12(4-6-16)14(17)20/h7-9,12H,3-6H2,1-2H3,(H2,17,20). The van der Waals surface area contributed by atoms with Gasteiger partial charge in [-0.2, -0.15) is 0 Å². The number of primary amides is 1. The smallest absolute Gasteiger partial charge is 0.229 e. The Morgan fingerprint density at radius 3 is 2.43 bits per heavy atom. The first kappa shape index (κ1) is 13.9. The monoisotopic (exact) mass is 286 g/mol. The van der Waals surface area contributed by atoms with Gasteiger partial charge in [0.25, 0.3) is 0 Å². The van der Waals surface area contributed by atoms with Gasteiger partial charge in [0.2, 0.25) is 11.6 Å². The first-order valence-electron chi connectivity index (χ1n) is 7.34. The van der Waals surface area contributed by atoms with Crippen molar-refractivity contribution in [3.8, 4) is 0 Å². The maximum absolute atomic E-state index is 11.2. The molecule has 1 aliphatic carbocycles. The van der Waals surface area contributed by atoms with E-state index in [1.165, 1.54) is 11.1 Å². The highest BCUT2D eigenvalue weighted by Gasteiger charge is 2.45. The summed E-state index contributed by atoms with van der Waals surface area (Å²) in [4.78, 5) is 16.9. The number of hydrogen-bond acceptors (Lipinski definition) is 3. The number of carbonyl (C=O) groups excluding carboxylic acids is 1. The summed E-state index contributed by atoms with van der Waals surface area (Å²) in [5.74, 6) is 0.373. The van der Waals surface area contributed by atoms with Crippen molar-refractivity contribution in [1.82, 2.24) is 5.32 Å². The molecule has 1 spiro atoms. The molecule has 5 heteroatoms. The van der Waals surface area contributed by atoms with Crippen LogP contribution in [0.3, 0.4) is 0 Å². The summed E-state index contributed by atoms with van der Waals surface area (Å²) in [5.41, 5.74) is 8.13. The van der Waals surface area contributed by atoms with Crippen molar-refractivity contribution in [3.05, 3.63) is 34.9 Å². The van der Waals surface area contributed by atoms with E-state index in [2.05, 4.69) is 37.2 Å². The molecule has 0 saturated heterocycles. The molecule has 0 bridgehead atoms. The first-order valence-corrected chi connectivity index (χ1v) is 7.34. The zero-order valence-electron chi connectivity index (χ0n) is 12.4. The van der Waals surface area contributed by atoms with Crippen LogP contribution in [0.4, 0.5) is 0 Å². The highest BCUT2D eigenvalue weighted by molar-refractivity contribution is 5.99. The number of oxime groups is 1. The molecule has 0 unspecified atom stereocenters. The number of amides is 1. The third-order valence-electron chi connectivity index (χ3n) is 4.26. The van der Waals surface area contributed by atoms with Crippen molar-refractivity contribution in [2.75, 3.05) is 0 Å². The predicted molar refractivity (Wildman–Crippen MR) is 79.6 cm³/mol. The van der Waals surface area contributed by atoms with Crippen LogP contribution in [0.25, 0.3) is 0 Å². The molecule has 5 nitrogen and oxygen atoms in total. The molecule has 3 rings (SSSR count). The van der Waals surface area contributed by atoms with E-state index in [1.54, 1.807) is 0 Å². The van der Waals surface area contributed by atoms with E-state index >= 15 is 0 Å². The van der Waals surface area contributed by atoms with Crippen molar-refractivity contribution < 1.29 is 9.63 Å². The van der Waals surface area contributed by atoms with Crippen LogP contribution in [-0.4, -0.2) is 17.5 Å². The molecule has 1 aromatic carbocycles. The van der Waals surface area contributed by atoms with Crippen LogP contribution in [0.2, 0.25) is 0 Å². The molecule has 1 amide bonds. The second-order valence-electron chi connectivity index (χ2n) is 6.12. The van der Waals surface area contributed by atoms with Gasteiger partial charge in [-0.05, 0) is 38.8 Å². The Hall–Kier alpha value is -2.04. The van der Waals surface area contributed by atoms with Gasteiger partial charge in [0.1, 0.15) is 0 Å². The second-order valence-corrected chi connectivity index (χ2v) is 6.12. The maximum Gasteiger partial charge on any atom is 0.229 e. The molecule has 1 aromatic rings. The first-order chi connectivity index (χ1) is 9.97. The van der Waals surface area contributed by atoms with E-state index in [1.807, 2.05) is 0 Å². The topological polar surface area (TPSA) is 78.8 Å². The normalized spacial score (nSPS) is 27.9. The third-order valence-corrected chi connectivity index (χ3v) is 4.26. The average Bonchev–Trinajstić information content (AvgIpc) is 2.82. The Balaban J connectivity index is 1.72. The molecule has 0 aromatic heterocycles. The van der Waals surface area contributed by atoms with Crippen LogP contribution < -0.4 is 11.1 Å². The zero-order valence-corrected chi connectivity index (χ0v) is 12.4. The van der Waals surface area contributed by atoms with Crippen molar-refractivity contribution in [1.29, 1.82) is 0 Å². The molecule has 1 fully saturated rings. The maximum atomic E-state index is 11.2. The lowest BCUT2D eigenvalue weighted by atomic mass is 9.83. The summed E-state index contributed by atoms with van der Waals surface area (Å²) in [7, 11) is 0. The van der Waals surface area contributed by atoms with Gasteiger partial charge in [-0.3, -0.25) is 4.79 Å². The Labute approximate surface area is 124 Å². The fourth-order valence-electron chi connectivity index (χ4n) is 3.14. The van der Waals surface area contributed by atoms with E-state index in [4.69, 9.17) is 15.9 Å². The summed E-state index contributed by atoms with van der Waals surface area (Å²) >= 11 is 0. The number of amidine groups is 1. The van der Waals surface area contributed by atoms with Gasteiger partial charge in [-0.25, -0.2) is 5.32 Å². The number of carbonyl (C=O) groups is 1. The highest BCUT2D eigenvalue weighted by atomic mass is 16.7. The summed E-state index contributed by atoms with van der Waals surface area (Å²) in [6.45, 7) is 4.11. The van der Waals surface area contributed by atoms with Gasteiger partial charge in [0.05, 0.1) is 0 Å². The van der Waals surface area contributed by atoms with Crippen molar-refractivity contribution in [3.63, 3.8) is 0 Å². The van der Waals surface area contributed by atoms with Gasteiger partial charge in [0, 0.05) is 24.3 Å². The fraction of sp³-hybridized carbons (Fsp3) is 0.500. The molecule has 1 heterocycles. The average molecular weight is 286 g/mol. The minimum absolute atomic E-state index is 0.0558. The van der Waals surface area contributed by atoms with Crippen LogP contribution >= 0.6 is 0 Å². The molecule has 1 radical (unpaired) electrons. The van der Waals surface area contributed by atoms with Crippen LogP contribution in [0.1, 0.15) is 42.4 Å². The molecule has 1 saturated carbocycles. The number of aryl methyl sites for hydroxylation is 2. The third kappa shape index (κ3) is 2.73. The van der Waals surface area contributed by atoms with E-state index in [9.17, 15) is 4.79 Å². The Morgan fingerprint density at radius 2 is 1.86 bits per heavy atom. The van der Waals surface area contributed by atoms with Crippen molar-refractivity contribution in [2.45, 2.75) is 45.3 Å². The molecule has 2 aliphatic rings. The quantitative estimate of drug-likeness (QED) is 0.902. The van der Waals surface area contributed by atoms with Crippen LogP contribution in [0, 0.1) is 19.8 Å². The van der Waals surface area contributed by atoms with Crippen LogP contribution in [-0.2, 0) is 9.63 Å². The van der Waals surface area contributed by atoms with Crippen molar-refractivity contribution >= 4 is 11.7 Å². The Kier molecular flexibility index (Phi) is 3.35. The Morgan fingerprint density at radius 1 is 1.24 bits per heavy atom. The van der Waals surface area contributed by atoms with E-state index in [0.717, 1.165) is 5.56 Å². The zero-order chi connectivity index (χ0) is 15.0. The number of nitrogens with zero attached hydrogens (tertiary/aromatic N) is 2. The molecule has 1 aliphatic heterocycles. The van der Waals surface area contributed by atoms with Crippen LogP contribution in [0.5, 0.6) is 0 Å². The number of rotatable bonds is 2. The summed E-state index contributed by atoms with van der Waals surface area (Å²) in [6.07, 6.45) is 2.82. The SMILES string of the molecule is Cc1cc(C)cc(C2=NOC3(CCC(C(N)=O)CC3)[N]2)c1. The summed E-state index contributed by atoms with van der Waals surface area (Å²) < 4.78 is 0. The van der Waals surface area contributed by atoms with Gasteiger partial charge in [-0.1, -0.05) is 22.3 Å². The van der Waals surface area contributed by atoms with Gasteiger partial charge in [0.15, 0.2) is 5.84 Å². The largest absolute Gasteiger partial charge is 0.369 e. The van der Waals surface area contributed by atoms with Gasteiger partial charge >= 0.3 is 0 Å². The lowest BCUT2D eigenvalue weighted by Crippen LogP contribution is -2.44. The van der Waals surface area contributed by atoms with Crippen LogP contribution in [0.15, 0.2) is 23.4 Å². The van der Waals surface area contributed by atoms with E-state index < -0.39 is 5.72 Å². The minimum Gasteiger partial charge on any atom is -0.369 e. The highest BCUT2D eigenvalue weighted by Crippen LogP contribution is 2.37. The lowest BCUT2D eigenvalue weighted by molar-refractivity contribution is -0.126. The summed E-state index contributed by atoms with van der Waals surface area (Å²) in [5, 5.41) is 8.87. The summed E-state index contributed by atoms with van der Waals surface area (Å²) in [6, 6.07) is 6.24. The molecular weight excluding hydrogens is 266 g/mol. The lowest BCUT2D eigenvalue weighted by Gasteiger charge is -2.32. The predicted octanol–water partition coefficient (Wildman–Crippen LogP) is 1.97. The molecule has 21 heavy (non-hydrogen) atoms. The van der Waals surface area contributed by atoms with Crippen molar-refractivity contribution in [2.24, 2.45) is 16.8 Å². The van der Waals surface area contributed by atoms with E-state index in [0.29, 0.717) is 31.5 Å². The van der Waals surface area contributed by atoms with Gasteiger partial charge in [-0.15, -0.1) is 0 Å².